The fourth-order valence-electron chi connectivity index (χ4n) is 1.21. The van der Waals surface area contributed by atoms with Crippen LogP contribution in [0.15, 0.2) is 36.5 Å². The number of benzene rings is 1. The number of carbonyl (C=O) groups is 1. The molecule has 6 heteroatoms. The van der Waals surface area contributed by atoms with E-state index in [0.717, 1.165) is 5.69 Å². The van der Waals surface area contributed by atoms with Crippen LogP contribution in [-0.2, 0) is 4.74 Å². The largest absolute Gasteiger partial charge is 0.445 e. The van der Waals surface area contributed by atoms with Gasteiger partial charge in [0.2, 0.25) is 0 Å². The maximum absolute atomic E-state index is 11.4. The quantitative estimate of drug-likeness (QED) is 0.730. The summed E-state index contributed by atoms with van der Waals surface area (Å²) in [7, 11) is 0. The van der Waals surface area contributed by atoms with E-state index in [9.17, 15) is 4.79 Å². The molecule has 0 N–H and O–H groups in total. The minimum Gasteiger partial charge on any atom is -0.445 e. The zero-order valence-electron chi connectivity index (χ0n) is 8.78. The van der Waals surface area contributed by atoms with E-state index in [1.807, 2.05) is 30.3 Å². The van der Waals surface area contributed by atoms with Crippen LogP contribution < -0.4 is 0 Å². The number of hydrogen-bond acceptors (Lipinski definition) is 5. The van der Waals surface area contributed by atoms with Crippen molar-refractivity contribution in [3.8, 4) is 11.8 Å². The molecule has 1 aromatic heterocycles. The standard InChI is InChI=1S/C11H8N4O2/c12-6-7-17-11(16)10-8-13-15(14-10)9-4-2-1-3-5-9/h1-5,8H,7H2. The van der Waals surface area contributed by atoms with Gasteiger partial charge in [-0.3, -0.25) is 0 Å². The Labute approximate surface area is 97.0 Å². The lowest BCUT2D eigenvalue weighted by Crippen LogP contribution is -2.07. The Hall–Kier alpha value is -2.68. The van der Waals surface area contributed by atoms with E-state index in [2.05, 4.69) is 14.9 Å². The van der Waals surface area contributed by atoms with Gasteiger partial charge in [0.05, 0.1) is 11.9 Å². The molecule has 0 fully saturated rings. The van der Waals surface area contributed by atoms with E-state index in [4.69, 9.17) is 5.26 Å². The fraction of sp³-hybridized carbons (Fsp3) is 0.0909. The zero-order valence-corrected chi connectivity index (χ0v) is 8.78. The van der Waals surface area contributed by atoms with Crippen molar-refractivity contribution in [3.05, 3.63) is 42.2 Å². The Morgan fingerprint density at radius 1 is 1.41 bits per heavy atom. The Morgan fingerprint density at radius 3 is 2.88 bits per heavy atom. The van der Waals surface area contributed by atoms with E-state index in [0.29, 0.717) is 0 Å². The summed E-state index contributed by atoms with van der Waals surface area (Å²) in [5.41, 5.74) is 0.816. The molecule has 2 aromatic rings. The van der Waals surface area contributed by atoms with Gasteiger partial charge in [-0.2, -0.15) is 15.2 Å². The molecule has 0 atom stereocenters. The van der Waals surface area contributed by atoms with Crippen molar-refractivity contribution in [2.45, 2.75) is 0 Å². The first-order chi connectivity index (χ1) is 8.31. The second kappa shape index (κ2) is 4.90. The summed E-state index contributed by atoms with van der Waals surface area (Å²) in [5.74, 6) is -0.659. The molecule has 0 aliphatic rings. The Morgan fingerprint density at radius 2 is 2.18 bits per heavy atom. The number of ether oxygens (including phenoxy) is 1. The van der Waals surface area contributed by atoms with Gasteiger partial charge < -0.3 is 4.74 Å². The predicted octanol–water partition coefficient (Wildman–Crippen LogP) is 0.948. The molecular formula is C11H8N4O2. The summed E-state index contributed by atoms with van der Waals surface area (Å²) in [6, 6.07) is 10.9. The highest BCUT2D eigenvalue weighted by atomic mass is 16.5. The molecular weight excluding hydrogens is 220 g/mol. The number of para-hydroxylation sites is 1. The van der Waals surface area contributed by atoms with Crippen molar-refractivity contribution in [3.63, 3.8) is 0 Å². The number of carbonyl (C=O) groups excluding carboxylic acids is 1. The molecule has 0 bridgehead atoms. The lowest BCUT2D eigenvalue weighted by atomic mass is 10.3. The lowest BCUT2D eigenvalue weighted by molar-refractivity contribution is 0.0547. The number of nitrogens with zero attached hydrogens (tertiary/aromatic N) is 4. The van der Waals surface area contributed by atoms with Crippen LogP contribution in [0.4, 0.5) is 0 Å². The highest BCUT2D eigenvalue weighted by Crippen LogP contribution is 2.04. The SMILES string of the molecule is N#CCOC(=O)c1cnn(-c2ccccc2)n1. The highest BCUT2D eigenvalue weighted by Gasteiger charge is 2.12. The van der Waals surface area contributed by atoms with Crippen LogP contribution in [0.5, 0.6) is 0 Å². The summed E-state index contributed by atoms with van der Waals surface area (Å²) >= 11 is 0. The van der Waals surface area contributed by atoms with Crippen LogP contribution in [-0.4, -0.2) is 27.6 Å². The average Bonchev–Trinajstić information content (AvgIpc) is 2.86. The molecule has 17 heavy (non-hydrogen) atoms. The second-order valence-corrected chi connectivity index (χ2v) is 3.09. The number of rotatable bonds is 3. The van der Waals surface area contributed by atoms with Crippen LogP contribution in [0, 0.1) is 11.3 Å². The highest BCUT2D eigenvalue weighted by molar-refractivity contribution is 5.86. The monoisotopic (exact) mass is 228 g/mol. The second-order valence-electron chi connectivity index (χ2n) is 3.09. The van der Waals surface area contributed by atoms with Crippen LogP contribution in [0.3, 0.4) is 0 Å². The predicted molar refractivity (Wildman–Crippen MR) is 57.3 cm³/mol. The van der Waals surface area contributed by atoms with Crippen LogP contribution in [0.1, 0.15) is 10.5 Å². The van der Waals surface area contributed by atoms with Gasteiger partial charge in [-0.15, -0.1) is 5.10 Å². The Kier molecular flexibility index (Phi) is 3.12. The van der Waals surface area contributed by atoms with Gasteiger partial charge >= 0.3 is 5.97 Å². The first-order valence-corrected chi connectivity index (χ1v) is 4.83. The Bertz CT molecular complexity index is 556. The minimum absolute atomic E-state index is 0.0732. The third-order valence-electron chi connectivity index (χ3n) is 1.96. The molecule has 2 rings (SSSR count). The summed E-state index contributed by atoms with van der Waals surface area (Å²) in [6.45, 7) is -0.295. The molecule has 0 saturated heterocycles. The molecule has 6 nitrogen and oxygen atoms in total. The van der Waals surface area contributed by atoms with Gasteiger partial charge in [-0.1, -0.05) is 18.2 Å². The first kappa shape index (κ1) is 10.8. The van der Waals surface area contributed by atoms with E-state index in [-0.39, 0.29) is 12.3 Å². The van der Waals surface area contributed by atoms with Crippen molar-refractivity contribution in [1.82, 2.24) is 15.0 Å². The van der Waals surface area contributed by atoms with Crippen LogP contribution >= 0.6 is 0 Å². The molecule has 84 valence electrons. The molecule has 0 aliphatic carbocycles. The van der Waals surface area contributed by atoms with Crippen LogP contribution in [0.2, 0.25) is 0 Å². The van der Waals surface area contributed by atoms with Crippen molar-refractivity contribution < 1.29 is 9.53 Å². The van der Waals surface area contributed by atoms with E-state index >= 15 is 0 Å². The summed E-state index contributed by atoms with van der Waals surface area (Å²) < 4.78 is 4.61. The molecule has 1 aromatic carbocycles. The summed E-state index contributed by atoms with van der Waals surface area (Å²) in [4.78, 5) is 12.7. The number of nitriles is 1. The third-order valence-corrected chi connectivity index (χ3v) is 1.96. The number of aromatic nitrogens is 3. The smallest absolute Gasteiger partial charge is 0.361 e. The molecule has 0 unspecified atom stereocenters. The zero-order chi connectivity index (χ0) is 12.1. The summed E-state index contributed by atoms with van der Waals surface area (Å²) in [6.07, 6.45) is 1.30. The fourth-order valence-corrected chi connectivity index (χ4v) is 1.21. The first-order valence-electron chi connectivity index (χ1n) is 4.83. The van der Waals surface area contributed by atoms with Gasteiger partial charge in [0.15, 0.2) is 12.3 Å². The van der Waals surface area contributed by atoms with Gasteiger partial charge in [-0.25, -0.2) is 4.79 Å². The lowest BCUT2D eigenvalue weighted by Gasteiger charge is -1.97. The molecule has 0 spiro atoms. The summed E-state index contributed by atoms with van der Waals surface area (Å²) in [5, 5.41) is 16.2. The van der Waals surface area contributed by atoms with Gasteiger partial charge in [0, 0.05) is 0 Å². The third kappa shape index (κ3) is 2.46. The Balaban J connectivity index is 2.17. The number of esters is 1. The van der Waals surface area contributed by atoms with Crippen LogP contribution in [0.25, 0.3) is 5.69 Å². The van der Waals surface area contributed by atoms with Crippen molar-refractivity contribution in [1.29, 1.82) is 5.26 Å². The van der Waals surface area contributed by atoms with Crippen molar-refractivity contribution in [2.75, 3.05) is 6.61 Å². The normalized spacial score (nSPS) is 9.59. The van der Waals surface area contributed by atoms with E-state index in [1.54, 1.807) is 6.07 Å². The molecule has 0 saturated carbocycles. The van der Waals surface area contributed by atoms with Gasteiger partial charge in [0.25, 0.3) is 0 Å². The van der Waals surface area contributed by atoms with E-state index < -0.39 is 5.97 Å². The van der Waals surface area contributed by atoms with Gasteiger partial charge in [-0.05, 0) is 12.1 Å². The maximum atomic E-state index is 11.4. The minimum atomic E-state index is -0.659. The van der Waals surface area contributed by atoms with E-state index in [1.165, 1.54) is 11.0 Å². The number of hydrogen-bond donors (Lipinski definition) is 0. The molecule has 0 radical (unpaired) electrons. The van der Waals surface area contributed by atoms with Crippen molar-refractivity contribution >= 4 is 5.97 Å². The molecule has 0 aliphatic heterocycles. The molecule has 1 heterocycles. The molecule has 0 amide bonds. The topological polar surface area (TPSA) is 80.8 Å². The van der Waals surface area contributed by atoms with Crippen molar-refractivity contribution in [2.24, 2.45) is 0 Å². The average molecular weight is 228 g/mol. The van der Waals surface area contributed by atoms with Gasteiger partial charge in [0.1, 0.15) is 6.07 Å². The maximum Gasteiger partial charge on any atom is 0.361 e.